The molecule has 1 fully saturated rings. The molecule has 1 atom stereocenters. The molecule has 6 nitrogen and oxygen atoms in total. The average molecular weight is 341 g/mol. The number of nitrogens with zero attached hydrogens (tertiary/aromatic N) is 3. The van der Waals surface area contributed by atoms with Gasteiger partial charge in [-0.05, 0) is 37.5 Å². The Morgan fingerprint density at radius 3 is 2.24 bits per heavy atom. The predicted octanol–water partition coefficient (Wildman–Crippen LogP) is 2.51. The van der Waals surface area contributed by atoms with E-state index in [1.165, 1.54) is 0 Å². The third-order valence-corrected chi connectivity index (χ3v) is 4.58. The second-order valence-electron chi connectivity index (χ2n) is 6.25. The van der Waals surface area contributed by atoms with Gasteiger partial charge in [0.05, 0.1) is 19.8 Å². The summed E-state index contributed by atoms with van der Waals surface area (Å²) in [5.41, 5.74) is 1.65. The lowest BCUT2D eigenvalue weighted by Gasteiger charge is -2.38. The molecule has 1 saturated heterocycles. The highest BCUT2D eigenvalue weighted by Gasteiger charge is 2.29. The van der Waals surface area contributed by atoms with Crippen LogP contribution in [0.2, 0.25) is 0 Å². The van der Waals surface area contributed by atoms with Crippen molar-refractivity contribution in [3.63, 3.8) is 0 Å². The molecule has 0 radical (unpaired) electrons. The van der Waals surface area contributed by atoms with Crippen LogP contribution in [0.15, 0.2) is 30.6 Å². The first-order valence-electron chi connectivity index (χ1n) is 8.44. The summed E-state index contributed by atoms with van der Waals surface area (Å²) >= 11 is 0. The SMILES string of the molecule is COc1cc(CCc2ncc(C(=O)N3CCC3C)cn2)cc(OC)c1. The fraction of sp³-hybridized carbons (Fsp3) is 0.421. The molecule has 0 aliphatic carbocycles. The molecule has 2 heterocycles. The summed E-state index contributed by atoms with van der Waals surface area (Å²) in [6.07, 6.45) is 5.77. The molecule has 6 heteroatoms. The van der Waals surface area contributed by atoms with Gasteiger partial charge in [0, 0.05) is 37.5 Å². The first kappa shape index (κ1) is 17.2. The van der Waals surface area contributed by atoms with E-state index >= 15 is 0 Å². The summed E-state index contributed by atoms with van der Waals surface area (Å²) < 4.78 is 10.6. The van der Waals surface area contributed by atoms with Crippen molar-refractivity contribution in [2.75, 3.05) is 20.8 Å². The van der Waals surface area contributed by atoms with E-state index in [2.05, 4.69) is 16.9 Å². The molecule has 1 amide bonds. The third kappa shape index (κ3) is 3.90. The van der Waals surface area contributed by atoms with E-state index in [-0.39, 0.29) is 5.91 Å². The molecule has 0 saturated carbocycles. The summed E-state index contributed by atoms with van der Waals surface area (Å²) in [6, 6.07) is 6.12. The number of aryl methyl sites for hydroxylation is 2. The number of benzene rings is 1. The fourth-order valence-electron chi connectivity index (χ4n) is 2.85. The zero-order valence-electron chi connectivity index (χ0n) is 14.9. The predicted molar refractivity (Wildman–Crippen MR) is 94.1 cm³/mol. The van der Waals surface area contributed by atoms with Gasteiger partial charge in [-0.3, -0.25) is 4.79 Å². The second kappa shape index (κ2) is 7.51. The van der Waals surface area contributed by atoms with Crippen molar-refractivity contribution in [2.45, 2.75) is 32.2 Å². The van der Waals surface area contributed by atoms with Gasteiger partial charge in [0.15, 0.2) is 0 Å². The number of aromatic nitrogens is 2. The van der Waals surface area contributed by atoms with Crippen molar-refractivity contribution in [3.8, 4) is 11.5 Å². The fourth-order valence-corrected chi connectivity index (χ4v) is 2.85. The molecule has 1 unspecified atom stereocenters. The topological polar surface area (TPSA) is 64.5 Å². The largest absolute Gasteiger partial charge is 0.497 e. The standard InChI is InChI=1S/C19H23N3O3/c1-13-6-7-22(13)19(23)15-11-20-18(21-12-15)5-4-14-8-16(24-2)10-17(9-14)25-3/h8-13H,4-7H2,1-3H3. The van der Waals surface area contributed by atoms with E-state index in [0.29, 0.717) is 18.0 Å². The third-order valence-electron chi connectivity index (χ3n) is 4.58. The van der Waals surface area contributed by atoms with Crippen molar-refractivity contribution in [1.82, 2.24) is 14.9 Å². The summed E-state index contributed by atoms with van der Waals surface area (Å²) in [7, 11) is 3.27. The van der Waals surface area contributed by atoms with Crippen LogP contribution < -0.4 is 9.47 Å². The van der Waals surface area contributed by atoms with Gasteiger partial charge in [-0.1, -0.05) is 0 Å². The molecule has 132 valence electrons. The maximum atomic E-state index is 12.3. The maximum absolute atomic E-state index is 12.3. The van der Waals surface area contributed by atoms with Crippen LogP contribution in [-0.4, -0.2) is 47.6 Å². The minimum Gasteiger partial charge on any atom is -0.497 e. The van der Waals surface area contributed by atoms with Crippen molar-refractivity contribution in [3.05, 3.63) is 47.5 Å². The summed E-state index contributed by atoms with van der Waals surface area (Å²) in [6.45, 7) is 2.87. The molecule has 0 bridgehead atoms. The van der Waals surface area contributed by atoms with E-state index in [4.69, 9.17) is 9.47 Å². The van der Waals surface area contributed by atoms with E-state index < -0.39 is 0 Å². The van der Waals surface area contributed by atoms with Crippen LogP contribution in [0.25, 0.3) is 0 Å². The number of carbonyl (C=O) groups excluding carboxylic acids is 1. The molecule has 1 aromatic carbocycles. The Bertz CT molecular complexity index is 724. The molecule has 1 aromatic heterocycles. The quantitative estimate of drug-likeness (QED) is 0.808. The number of hydrogen-bond donors (Lipinski definition) is 0. The lowest BCUT2D eigenvalue weighted by atomic mass is 10.0. The van der Waals surface area contributed by atoms with Crippen molar-refractivity contribution >= 4 is 5.91 Å². The monoisotopic (exact) mass is 341 g/mol. The van der Waals surface area contributed by atoms with Gasteiger partial charge in [0.25, 0.3) is 5.91 Å². The number of hydrogen-bond acceptors (Lipinski definition) is 5. The molecular formula is C19H23N3O3. The van der Waals surface area contributed by atoms with Crippen molar-refractivity contribution < 1.29 is 14.3 Å². The van der Waals surface area contributed by atoms with Crippen LogP contribution >= 0.6 is 0 Å². The van der Waals surface area contributed by atoms with E-state index in [1.54, 1.807) is 26.6 Å². The Kier molecular flexibility index (Phi) is 5.16. The normalized spacial score (nSPS) is 16.3. The Balaban J connectivity index is 1.63. The lowest BCUT2D eigenvalue weighted by Crippen LogP contribution is -2.49. The van der Waals surface area contributed by atoms with Crippen LogP contribution in [0.4, 0.5) is 0 Å². The summed E-state index contributed by atoms with van der Waals surface area (Å²) in [4.78, 5) is 22.8. The van der Waals surface area contributed by atoms with Gasteiger partial charge in [-0.25, -0.2) is 9.97 Å². The highest BCUT2D eigenvalue weighted by Crippen LogP contribution is 2.23. The minimum absolute atomic E-state index is 0.0165. The van der Waals surface area contributed by atoms with Crippen LogP contribution in [0.5, 0.6) is 11.5 Å². The van der Waals surface area contributed by atoms with Crippen LogP contribution in [0, 0.1) is 0 Å². The average Bonchev–Trinajstić information content (AvgIpc) is 2.65. The molecule has 1 aliphatic heterocycles. The number of rotatable bonds is 6. The Labute approximate surface area is 147 Å². The number of methoxy groups -OCH3 is 2. The van der Waals surface area contributed by atoms with Crippen LogP contribution in [0.1, 0.15) is 35.1 Å². The molecular weight excluding hydrogens is 318 g/mol. The Morgan fingerprint density at radius 1 is 1.12 bits per heavy atom. The number of likely N-dealkylation sites (tertiary alicyclic amines) is 1. The van der Waals surface area contributed by atoms with Gasteiger partial charge in [0.2, 0.25) is 0 Å². The van der Waals surface area contributed by atoms with Crippen LogP contribution in [-0.2, 0) is 12.8 Å². The lowest BCUT2D eigenvalue weighted by molar-refractivity contribution is 0.0501. The first-order chi connectivity index (χ1) is 12.1. The smallest absolute Gasteiger partial charge is 0.257 e. The Hall–Kier alpha value is -2.63. The zero-order chi connectivity index (χ0) is 17.8. The summed E-state index contributed by atoms with van der Waals surface area (Å²) in [5, 5.41) is 0. The first-order valence-corrected chi connectivity index (χ1v) is 8.44. The maximum Gasteiger partial charge on any atom is 0.257 e. The minimum atomic E-state index is 0.0165. The molecule has 1 aliphatic rings. The van der Waals surface area contributed by atoms with Gasteiger partial charge in [-0.2, -0.15) is 0 Å². The molecule has 0 spiro atoms. The van der Waals surface area contributed by atoms with Gasteiger partial charge >= 0.3 is 0 Å². The van der Waals surface area contributed by atoms with E-state index in [1.807, 2.05) is 23.1 Å². The molecule has 25 heavy (non-hydrogen) atoms. The van der Waals surface area contributed by atoms with Gasteiger partial charge in [0.1, 0.15) is 17.3 Å². The number of amides is 1. The number of ether oxygens (including phenoxy) is 2. The zero-order valence-corrected chi connectivity index (χ0v) is 14.9. The van der Waals surface area contributed by atoms with Crippen molar-refractivity contribution in [2.24, 2.45) is 0 Å². The molecule has 0 N–H and O–H groups in total. The Morgan fingerprint density at radius 2 is 1.76 bits per heavy atom. The summed E-state index contributed by atoms with van der Waals surface area (Å²) in [5.74, 6) is 2.26. The van der Waals surface area contributed by atoms with Gasteiger partial charge < -0.3 is 14.4 Å². The highest BCUT2D eigenvalue weighted by atomic mass is 16.5. The van der Waals surface area contributed by atoms with E-state index in [9.17, 15) is 4.79 Å². The van der Waals surface area contributed by atoms with E-state index in [0.717, 1.165) is 42.3 Å². The van der Waals surface area contributed by atoms with Crippen molar-refractivity contribution in [1.29, 1.82) is 0 Å². The van der Waals surface area contributed by atoms with Crippen LogP contribution in [0.3, 0.4) is 0 Å². The molecule has 2 aromatic rings. The molecule has 3 rings (SSSR count). The highest BCUT2D eigenvalue weighted by molar-refractivity contribution is 5.94. The number of carbonyl (C=O) groups is 1. The second-order valence-corrected chi connectivity index (χ2v) is 6.25. The van der Waals surface area contributed by atoms with Gasteiger partial charge in [-0.15, -0.1) is 0 Å².